The van der Waals surface area contributed by atoms with E-state index in [-0.39, 0.29) is 18.4 Å². The predicted octanol–water partition coefficient (Wildman–Crippen LogP) is 0.849. The fraction of sp³-hybridized carbons (Fsp3) is 0.529. The van der Waals surface area contributed by atoms with Crippen molar-refractivity contribution < 1.29 is 19.1 Å². The molecule has 6 nitrogen and oxygen atoms in total. The van der Waals surface area contributed by atoms with E-state index in [0.717, 1.165) is 13.0 Å². The highest BCUT2D eigenvalue weighted by Crippen LogP contribution is 2.23. The van der Waals surface area contributed by atoms with Crippen LogP contribution in [-0.2, 0) is 20.7 Å². The van der Waals surface area contributed by atoms with Crippen LogP contribution in [0.25, 0.3) is 0 Å². The molecule has 1 aliphatic rings. The van der Waals surface area contributed by atoms with Gasteiger partial charge < -0.3 is 19.7 Å². The van der Waals surface area contributed by atoms with Crippen LogP contribution in [0.5, 0.6) is 5.75 Å². The van der Waals surface area contributed by atoms with Crippen LogP contribution in [0.4, 0.5) is 0 Å². The Morgan fingerprint density at radius 3 is 2.74 bits per heavy atom. The van der Waals surface area contributed by atoms with Gasteiger partial charge in [0.1, 0.15) is 5.75 Å². The smallest absolute Gasteiger partial charge is 0.257 e. The number of likely N-dealkylation sites (N-methyl/N-ethyl adjacent to an activating group) is 1. The molecule has 2 rings (SSSR count). The summed E-state index contributed by atoms with van der Waals surface area (Å²) in [4.78, 5) is 24.9. The Morgan fingerprint density at radius 1 is 1.35 bits per heavy atom. The minimum Gasteiger partial charge on any atom is -0.484 e. The number of ether oxygens (including phenoxy) is 2. The van der Waals surface area contributed by atoms with Gasteiger partial charge in [-0.25, -0.2) is 0 Å². The summed E-state index contributed by atoms with van der Waals surface area (Å²) < 4.78 is 10.4. The van der Waals surface area contributed by atoms with Gasteiger partial charge in [0.25, 0.3) is 5.91 Å². The highest BCUT2D eigenvalue weighted by atomic mass is 16.5. The van der Waals surface area contributed by atoms with Crippen LogP contribution >= 0.6 is 0 Å². The Hall–Kier alpha value is -2.08. The molecule has 126 valence electrons. The third kappa shape index (κ3) is 5.25. The van der Waals surface area contributed by atoms with Gasteiger partial charge in [0, 0.05) is 33.7 Å². The molecule has 1 heterocycles. The van der Waals surface area contributed by atoms with E-state index in [1.807, 2.05) is 29.2 Å². The third-order valence-corrected chi connectivity index (χ3v) is 3.96. The normalized spacial score (nSPS) is 17.4. The van der Waals surface area contributed by atoms with Crippen LogP contribution in [0, 0.1) is 5.92 Å². The first kappa shape index (κ1) is 17.3. The van der Waals surface area contributed by atoms with Gasteiger partial charge in [0.05, 0.1) is 6.61 Å². The zero-order valence-corrected chi connectivity index (χ0v) is 13.7. The summed E-state index contributed by atoms with van der Waals surface area (Å²) in [6.07, 6.45) is 1.46. The van der Waals surface area contributed by atoms with Crippen molar-refractivity contribution in [1.29, 1.82) is 0 Å². The molecule has 1 fully saturated rings. The minimum absolute atomic E-state index is 0.0153. The van der Waals surface area contributed by atoms with Crippen LogP contribution in [0.2, 0.25) is 0 Å². The maximum atomic E-state index is 11.9. The Labute approximate surface area is 136 Å². The average Bonchev–Trinajstić information content (AvgIpc) is 2.91. The van der Waals surface area contributed by atoms with Gasteiger partial charge in [-0.3, -0.25) is 9.59 Å². The maximum absolute atomic E-state index is 11.9. The second kappa shape index (κ2) is 8.53. The predicted molar refractivity (Wildman–Crippen MR) is 86.3 cm³/mol. The number of rotatable bonds is 8. The Morgan fingerprint density at radius 2 is 2.09 bits per heavy atom. The van der Waals surface area contributed by atoms with Gasteiger partial charge in [-0.15, -0.1) is 0 Å². The molecular formula is C17H24N2O4. The average molecular weight is 320 g/mol. The lowest BCUT2D eigenvalue weighted by Crippen LogP contribution is -2.28. The minimum atomic E-state index is -0.158. The van der Waals surface area contributed by atoms with Crippen molar-refractivity contribution in [2.45, 2.75) is 12.8 Å². The van der Waals surface area contributed by atoms with E-state index in [1.165, 1.54) is 5.56 Å². The quantitative estimate of drug-likeness (QED) is 0.771. The van der Waals surface area contributed by atoms with E-state index in [4.69, 9.17) is 9.47 Å². The SMILES string of the molecule is CNC(=O)COc1ccc(C[C@H]2CC(=O)N(CCOC)C2)cc1. The molecule has 0 spiro atoms. The monoisotopic (exact) mass is 320 g/mol. The molecule has 1 N–H and O–H groups in total. The Kier molecular flexibility index (Phi) is 6.40. The highest BCUT2D eigenvalue weighted by Gasteiger charge is 2.29. The van der Waals surface area contributed by atoms with E-state index >= 15 is 0 Å². The van der Waals surface area contributed by atoms with Crippen LogP contribution in [0.1, 0.15) is 12.0 Å². The molecule has 0 unspecified atom stereocenters. The number of hydrogen-bond donors (Lipinski definition) is 1. The first-order chi connectivity index (χ1) is 11.1. The fourth-order valence-corrected chi connectivity index (χ4v) is 2.68. The van der Waals surface area contributed by atoms with Gasteiger partial charge in [-0.2, -0.15) is 0 Å². The number of likely N-dealkylation sites (tertiary alicyclic amines) is 1. The summed E-state index contributed by atoms with van der Waals surface area (Å²) in [5.41, 5.74) is 1.17. The topological polar surface area (TPSA) is 67.9 Å². The maximum Gasteiger partial charge on any atom is 0.257 e. The number of carbonyl (C=O) groups excluding carboxylic acids is 2. The molecule has 1 saturated heterocycles. The summed E-state index contributed by atoms with van der Waals surface area (Å²) in [6.45, 7) is 2.05. The lowest BCUT2D eigenvalue weighted by molar-refractivity contribution is -0.128. The van der Waals surface area contributed by atoms with Crippen molar-refractivity contribution in [2.75, 3.05) is 40.5 Å². The first-order valence-corrected chi connectivity index (χ1v) is 7.81. The van der Waals surface area contributed by atoms with Crippen LogP contribution < -0.4 is 10.1 Å². The summed E-state index contributed by atoms with van der Waals surface area (Å²) in [5, 5.41) is 2.51. The molecule has 0 aliphatic carbocycles. The molecule has 0 aromatic heterocycles. The summed E-state index contributed by atoms with van der Waals surface area (Å²) in [7, 11) is 3.22. The number of nitrogens with one attached hydrogen (secondary N) is 1. The molecule has 1 aromatic rings. The van der Waals surface area contributed by atoms with Crippen LogP contribution in [-0.4, -0.2) is 57.2 Å². The molecule has 6 heteroatoms. The van der Waals surface area contributed by atoms with Crippen molar-refractivity contribution in [3.05, 3.63) is 29.8 Å². The molecule has 23 heavy (non-hydrogen) atoms. The second-order valence-electron chi connectivity index (χ2n) is 5.71. The molecule has 0 radical (unpaired) electrons. The fourth-order valence-electron chi connectivity index (χ4n) is 2.68. The van der Waals surface area contributed by atoms with Crippen LogP contribution in [0.15, 0.2) is 24.3 Å². The van der Waals surface area contributed by atoms with Gasteiger partial charge in [0.15, 0.2) is 6.61 Å². The molecule has 2 amide bonds. The Bertz CT molecular complexity index is 530. The standard InChI is InChI=1S/C17H24N2O4/c1-18-16(20)12-23-15-5-3-13(4-6-15)9-14-10-17(21)19(11-14)7-8-22-2/h3-6,14H,7-12H2,1-2H3,(H,18,20)/t14-/m0/s1. The van der Waals surface area contributed by atoms with Crippen molar-refractivity contribution >= 4 is 11.8 Å². The summed E-state index contributed by atoms with van der Waals surface area (Å²) in [5.74, 6) is 1.06. The number of methoxy groups -OCH3 is 1. The third-order valence-electron chi connectivity index (χ3n) is 3.96. The van der Waals surface area contributed by atoms with E-state index in [1.54, 1.807) is 14.2 Å². The number of nitrogens with zero attached hydrogens (tertiary/aromatic N) is 1. The van der Waals surface area contributed by atoms with E-state index in [9.17, 15) is 9.59 Å². The molecular weight excluding hydrogens is 296 g/mol. The van der Waals surface area contributed by atoms with Gasteiger partial charge in [-0.1, -0.05) is 12.1 Å². The number of carbonyl (C=O) groups is 2. The first-order valence-electron chi connectivity index (χ1n) is 7.81. The molecule has 0 bridgehead atoms. The lowest BCUT2D eigenvalue weighted by atomic mass is 9.98. The molecule has 0 saturated carbocycles. The largest absolute Gasteiger partial charge is 0.484 e. The highest BCUT2D eigenvalue weighted by molar-refractivity contribution is 5.78. The zero-order chi connectivity index (χ0) is 16.7. The Balaban J connectivity index is 1.82. The van der Waals surface area contributed by atoms with Gasteiger partial charge >= 0.3 is 0 Å². The number of amides is 2. The number of hydrogen-bond acceptors (Lipinski definition) is 4. The van der Waals surface area contributed by atoms with Crippen molar-refractivity contribution in [3.63, 3.8) is 0 Å². The molecule has 1 aliphatic heterocycles. The van der Waals surface area contributed by atoms with Crippen molar-refractivity contribution in [2.24, 2.45) is 5.92 Å². The van der Waals surface area contributed by atoms with Crippen molar-refractivity contribution in [1.82, 2.24) is 10.2 Å². The lowest BCUT2D eigenvalue weighted by Gasteiger charge is -2.16. The van der Waals surface area contributed by atoms with E-state index in [0.29, 0.717) is 31.2 Å². The van der Waals surface area contributed by atoms with Gasteiger partial charge in [-0.05, 0) is 30.0 Å². The second-order valence-corrected chi connectivity index (χ2v) is 5.71. The zero-order valence-electron chi connectivity index (χ0n) is 13.7. The molecule has 1 atom stereocenters. The van der Waals surface area contributed by atoms with E-state index in [2.05, 4.69) is 5.32 Å². The molecule has 1 aromatic carbocycles. The van der Waals surface area contributed by atoms with Crippen LogP contribution in [0.3, 0.4) is 0 Å². The number of benzene rings is 1. The van der Waals surface area contributed by atoms with Gasteiger partial charge in [0.2, 0.25) is 5.91 Å². The summed E-state index contributed by atoms with van der Waals surface area (Å²) in [6, 6.07) is 7.69. The van der Waals surface area contributed by atoms with E-state index < -0.39 is 0 Å². The summed E-state index contributed by atoms with van der Waals surface area (Å²) >= 11 is 0. The van der Waals surface area contributed by atoms with Crippen molar-refractivity contribution in [3.8, 4) is 5.75 Å².